The van der Waals surface area contributed by atoms with Crippen LogP contribution in [0.5, 0.6) is 6.01 Å². The smallest absolute Gasteiger partial charge is 0.318 e. The largest absolute Gasteiger partial charge is 0.460 e. The van der Waals surface area contributed by atoms with E-state index in [4.69, 9.17) is 9.47 Å². The van der Waals surface area contributed by atoms with Crippen molar-refractivity contribution in [2.45, 2.75) is 26.0 Å². The lowest BCUT2D eigenvalue weighted by atomic mass is 10.2. The molecule has 3 aromatic rings. The third-order valence-corrected chi connectivity index (χ3v) is 4.61. The van der Waals surface area contributed by atoms with Crippen LogP contribution in [-0.4, -0.2) is 58.6 Å². The molecular formula is C21H26N6O3. The number of fused-ring (bicyclic) bond motifs is 1. The maximum Gasteiger partial charge on any atom is 0.318 e. The second-order valence-corrected chi connectivity index (χ2v) is 7.82. The van der Waals surface area contributed by atoms with Crippen molar-refractivity contribution in [3.05, 3.63) is 42.2 Å². The summed E-state index contributed by atoms with van der Waals surface area (Å²) < 4.78 is 11.1. The molecule has 1 fully saturated rings. The number of anilines is 1. The summed E-state index contributed by atoms with van der Waals surface area (Å²) >= 11 is 0. The summed E-state index contributed by atoms with van der Waals surface area (Å²) in [4.78, 5) is 14.3. The van der Waals surface area contributed by atoms with Crippen molar-refractivity contribution in [3.8, 4) is 6.01 Å². The van der Waals surface area contributed by atoms with Gasteiger partial charge in [-0.05, 0) is 19.9 Å². The number of H-pyrrole nitrogens is 1. The number of hydrogen-bond acceptors (Lipinski definition) is 8. The Morgan fingerprint density at radius 1 is 1.23 bits per heavy atom. The molecule has 1 aliphatic heterocycles. The first kappa shape index (κ1) is 20.2. The highest BCUT2D eigenvalue weighted by Gasteiger charge is 2.18. The van der Waals surface area contributed by atoms with Crippen molar-refractivity contribution >= 4 is 22.4 Å². The maximum atomic E-state index is 9.96. The van der Waals surface area contributed by atoms with Crippen LogP contribution in [-0.2, 0) is 11.3 Å². The topological polar surface area (TPSA) is 108 Å². The minimum Gasteiger partial charge on any atom is -0.460 e. The molecule has 0 aliphatic carbocycles. The molecule has 9 heteroatoms. The van der Waals surface area contributed by atoms with E-state index in [9.17, 15) is 5.11 Å². The van der Waals surface area contributed by atoms with Crippen LogP contribution in [0.2, 0.25) is 0 Å². The Hall–Kier alpha value is -3.04. The number of morpholine rings is 1. The van der Waals surface area contributed by atoms with Gasteiger partial charge in [-0.15, -0.1) is 0 Å². The molecule has 1 aromatic carbocycles. The van der Waals surface area contributed by atoms with Gasteiger partial charge in [0.15, 0.2) is 0 Å². The lowest BCUT2D eigenvalue weighted by Crippen LogP contribution is -2.37. The summed E-state index contributed by atoms with van der Waals surface area (Å²) in [5.41, 5.74) is 1.52. The van der Waals surface area contributed by atoms with Gasteiger partial charge in [0.05, 0.1) is 24.5 Å². The van der Waals surface area contributed by atoms with E-state index >= 15 is 0 Å². The Morgan fingerprint density at radius 2 is 2.03 bits per heavy atom. The number of hydrogen-bond donors (Lipinski definition) is 2. The number of azo groups is 1. The second kappa shape index (κ2) is 8.76. The molecule has 2 N–H and O–H groups in total. The molecule has 0 bridgehead atoms. The van der Waals surface area contributed by atoms with Crippen molar-refractivity contribution < 1.29 is 14.6 Å². The van der Waals surface area contributed by atoms with Crippen LogP contribution in [0.1, 0.15) is 19.5 Å². The number of aromatic amines is 1. The fraction of sp³-hybridized carbons (Fsp3) is 0.429. The highest BCUT2D eigenvalue weighted by Crippen LogP contribution is 2.26. The monoisotopic (exact) mass is 410 g/mol. The molecule has 158 valence electrons. The van der Waals surface area contributed by atoms with Crippen LogP contribution in [0, 0.1) is 0 Å². The Kier molecular flexibility index (Phi) is 5.91. The predicted octanol–water partition coefficient (Wildman–Crippen LogP) is 3.23. The van der Waals surface area contributed by atoms with Gasteiger partial charge in [0.25, 0.3) is 0 Å². The summed E-state index contributed by atoms with van der Waals surface area (Å²) in [5, 5.41) is 19.7. The normalized spacial score (nSPS) is 15.2. The van der Waals surface area contributed by atoms with Crippen LogP contribution in [0.15, 0.2) is 46.8 Å². The zero-order valence-corrected chi connectivity index (χ0v) is 17.2. The molecular weight excluding hydrogens is 384 g/mol. The number of benzene rings is 1. The number of rotatable bonds is 7. The minimum atomic E-state index is -0.979. The Balaban J connectivity index is 1.54. The van der Waals surface area contributed by atoms with Crippen LogP contribution < -0.4 is 9.64 Å². The Labute approximate surface area is 174 Å². The maximum absolute atomic E-state index is 9.96. The zero-order valence-electron chi connectivity index (χ0n) is 17.2. The van der Waals surface area contributed by atoms with Crippen LogP contribution in [0.4, 0.5) is 11.5 Å². The number of nitrogens with zero attached hydrogens (tertiary/aromatic N) is 5. The average molecular weight is 410 g/mol. The van der Waals surface area contributed by atoms with E-state index < -0.39 is 5.60 Å². The van der Waals surface area contributed by atoms with E-state index in [1.54, 1.807) is 13.8 Å². The molecule has 0 amide bonds. The molecule has 0 spiro atoms. The number of aromatic nitrogens is 3. The average Bonchev–Trinajstić information content (AvgIpc) is 3.16. The molecule has 3 heterocycles. The van der Waals surface area contributed by atoms with E-state index in [0.29, 0.717) is 18.9 Å². The van der Waals surface area contributed by atoms with Crippen molar-refractivity contribution in [2.24, 2.45) is 10.2 Å². The van der Waals surface area contributed by atoms with Crippen LogP contribution in [0.25, 0.3) is 10.9 Å². The standard InChI is InChI=1S/C21H26N6O3/c1-21(2,28)14-30-20-24-15(11-19(25-20)27-7-9-29-10-8-27)12-23-26-18-13-22-17-6-4-3-5-16(17)18/h3-6,11,13,22,28H,7-10,12,14H2,1-2H3. The van der Waals surface area contributed by atoms with Crippen molar-refractivity contribution in [1.82, 2.24) is 15.0 Å². The SMILES string of the molecule is CC(C)(O)COc1nc(CN=Nc2c[nH]c3ccccc23)cc(N2CCOCC2)n1. The molecule has 30 heavy (non-hydrogen) atoms. The predicted molar refractivity (Wildman–Crippen MR) is 113 cm³/mol. The van der Waals surface area contributed by atoms with Crippen LogP contribution >= 0.6 is 0 Å². The number of ether oxygens (including phenoxy) is 2. The van der Waals surface area contributed by atoms with Gasteiger partial charge in [0.1, 0.15) is 24.7 Å². The second-order valence-electron chi connectivity index (χ2n) is 7.82. The Bertz CT molecular complexity index is 1020. The van der Waals surface area contributed by atoms with E-state index in [2.05, 4.69) is 30.1 Å². The lowest BCUT2D eigenvalue weighted by molar-refractivity contribution is 0.0249. The first-order valence-electron chi connectivity index (χ1n) is 9.97. The highest BCUT2D eigenvalue weighted by molar-refractivity contribution is 5.90. The third-order valence-electron chi connectivity index (χ3n) is 4.61. The van der Waals surface area contributed by atoms with E-state index in [1.807, 2.05) is 36.5 Å². The van der Waals surface area contributed by atoms with Crippen molar-refractivity contribution in [1.29, 1.82) is 0 Å². The zero-order chi connectivity index (χ0) is 21.0. The van der Waals surface area contributed by atoms with Crippen molar-refractivity contribution in [3.63, 3.8) is 0 Å². The van der Waals surface area contributed by atoms with Gasteiger partial charge in [-0.1, -0.05) is 18.2 Å². The van der Waals surface area contributed by atoms with Gasteiger partial charge in [-0.3, -0.25) is 0 Å². The molecule has 4 rings (SSSR count). The number of aliphatic hydroxyl groups is 1. The minimum absolute atomic E-state index is 0.0931. The van der Waals surface area contributed by atoms with Gasteiger partial charge in [-0.2, -0.15) is 20.2 Å². The van der Waals surface area contributed by atoms with E-state index in [-0.39, 0.29) is 19.2 Å². The molecule has 9 nitrogen and oxygen atoms in total. The van der Waals surface area contributed by atoms with Gasteiger partial charge < -0.3 is 24.5 Å². The summed E-state index contributed by atoms with van der Waals surface area (Å²) in [6, 6.07) is 10.1. The number of para-hydroxylation sites is 1. The highest BCUT2D eigenvalue weighted by atomic mass is 16.5. The summed E-state index contributed by atoms with van der Waals surface area (Å²) in [5.74, 6) is 0.761. The van der Waals surface area contributed by atoms with Gasteiger partial charge in [0, 0.05) is 36.3 Å². The molecule has 0 radical (unpaired) electrons. The van der Waals surface area contributed by atoms with Gasteiger partial charge in [0.2, 0.25) is 0 Å². The summed E-state index contributed by atoms with van der Waals surface area (Å²) in [7, 11) is 0. The molecule has 0 saturated carbocycles. The molecule has 1 aliphatic rings. The fourth-order valence-corrected chi connectivity index (χ4v) is 3.12. The lowest BCUT2D eigenvalue weighted by Gasteiger charge is -2.28. The molecule has 2 aromatic heterocycles. The molecule has 0 unspecified atom stereocenters. The number of nitrogens with one attached hydrogen (secondary N) is 1. The fourth-order valence-electron chi connectivity index (χ4n) is 3.12. The molecule has 1 saturated heterocycles. The van der Waals surface area contributed by atoms with Crippen LogP contribution in [0.3, 0.4) is 0 Å². The Morgan fingerprint density at radius 3 is 2.83 bits per heavy atom. The third kappa shape index (κ3) is 5.11. The van der Waals surface area contributed by atoms with Gasteiger partial charge >= 0.3 is 6.01 Å². The first-order valence-corrected chi connectivity index (χ1v) is 9.97. The van der Waals surface area contributed by atoms with Gasteiger partial charge in [-0.25, -0.2) is 0 Å². The molecule has 0 atom stereocenters. The first-order chi connectivity index (χ1) is 14.5. The van der Waals surface area contributed by atoms with E-state index in [1.165, 1.54) is 0 Å². The van der Waals surface area contributed by atoms with E-state index in [0.717, 1.165) is 35.5 Å². The summed E-state index contributed by atoms with van der Waals surface area (Å²) in [6.07, 6.45) is 1.84. The summed E-state index contributed by atoms with van der Waals surface area (Å²) in [6.45, 7) is 6.54. The van der Waals surface area contributed by atoms with Crippen molar-refractivity contribution in [2.75, 3.05) is 37.8 Å². The quantitative estimate of drug-likeness (QED) is 0.579.